The molecular formula is C15H20N4O3. The van der Waals surface area contributed by atoms with Crippen molar-refractivity contribution in [2.24, 2.45) is 0 Å². The van der Waals surface area contributed by atoms with Crippen molar-refractivity contribution < 1.29 is 10.0 Å². The molecule has 0 bridgehead atoms. The summed E-state index contributed by atoms with van der Waals surface area (Å²) in [4.78, 5) is 12.9. The number of benzene rings is 1. The van der Waals surface area contributed by atoms with E-state index in [2.05, 4.69) is 10.2 Å². The molecule has 2 N–H and O–H groups in total. The van der Waals surface area contributed by atoms with Crippen molar-refractivity contribution in [3.63, 3.8) is 0 Å². The van der Waals surface area contributed by atoms with E-state index < -0.39 is 4.92 Å². The van der Waals surface area contributed by atoms with Gasteiger partial charge in [0.1, 0.15) is 5.69 Å². The molecule has 7 nitrogen and oxygen atoms in total. The minimum atomic E-state index is -0.515. The molecule has 2 rings (SSSR count). The van der Waals surface area contributed by atoms with E-state index >= 15 is 0 Å². The van der Waals surface area contributed by atoms with Crippen LogP contribution < -0.4 is 5.32 Å². The van der Waals surface area contributed by atoms with Gasteiger partial charge in [0.05, 0.1) is 29.2 Å². The second kappa shape index (κ2) is 7.73. The lowest BCUT2D eigenvalue weighted by Crippen LogP contribution is -2.41. The van der Waals surface area contributed by atoms with Gasteiger partial charge < -0.3 is 15.3 Å². The van der Waals surface area contributed by atoms with Gasteiger partial charge in [-0.3, -0.25) is 10.1 Å². The van der Waals surface area contributed by atoms with Gasteiger partial charge in [-0.2, -0.15) is 5.26 Å². The molecule has 7 heteroatoms. The topological polar surface area (TPSA) is 102 Å². The van der Waals surface area contributed by atoms with Crippen LogP contribution in [0.1, 0.15) is 24.8 Å². The Morgan fingerprint density at radius 3 is 2.73 bits per heavy atom. The van der Waals surface area contributed by atoms with Crippen LogP contribution in [0.25, 0.3) is 0 Å². The quantitative estimate of drug-likeness (QED) is 0.613. The lowest BCUT2D eigenvalue weighted by molar-refractivity contribution is -0.384. The SMILES string of the molecule is N#Cc1ccc(N[C@H](CO)CN2CCCCC2)c([N+](=O)[O-])c1. The fourth-order valence-electron chi connectivity index (χ4n) is 2.70. The number of piperidine rings is 1. The van der Waals surface area contributed by atoms with Crippen molar-refractivity contribution in [2.45, 2.75) is 25.3 Å². The molecule has 0 amide bonds. The van der Waals surface area contributed by atoms with E-state index in [4.69, 9.17) is 5.26 Å². The van der Waals surface area contributed by atoms with Crippen molar-refractivity contribution in [2.75, 3.05) is 31.6 Å². The summed E-state index contributed by atoms with van der Waals surface area (Å²) in [5, 5.41) is 32.5. The van der Waals surface area contributed by atoms with Crippen LogP contribution >= 0.6 is 0 Å². The standard InChI is InChI=1S/C15H20N4O3/c16-9-12-4-5-14(15(8-12)19(21)22)17-13(11-20)10-18-6-2-1-3-7-18/h4-5,8,13,17,20H,1-3,6-7,10-11H2/t13-/m0/s1. The Morgan fingerprint density at radius 2 is 2.14 bits per heavy atom. The highest BCUT2D eigenvalue weighted by molar-refractivity contribution is 5.64. The zero-order valence-electron chi connectivity index (χ0n) is 12.4. The van der Waals surface area contributed by atoms with Crippen molar-refractivity contribution in [3.8, 4) is 6.07 Å². The average Bonchev–Trinajstić information content (AvgIpc) is 2.55. The summed E-state index contributed by atoms with van der Waals surface area (Å²) < 4.78 is 0. The predicted octanol–water partition coefficient (Wildman–Crippen LogP) is 1.73. The number of rotatable bonds is 6. The van der Waals surface area contributed by atoms with Crippen molar-refractivity contribution in [1.29, 1.82) is 5.26 Å². The van der Waals surface area contributed by atoms with Gasteiger partial charge in [0.15, 0.2) is 0 Å². The van der Waals surface area contributed by atoms with Crippen LogP contribution in [0, 0.1) is 21.4 Å². The zero-order valence-corrected chi connectivity index (χ0v) is 12.4. The first-order valence-electron chi connectivity index (χ1n) is 7.42. The molecule has 1 aliphatic heterocycles. The Labute approximate surface area is 129 Å². The first-order valence-corrected chi connectivity index (χ1v) is 7.42. The molecule has 1 saturated heterocycles. The summed E-state index contributed by atoms with van der Waals surface area (Å²) in [6.07, 6.45) is 3.53. The third-order valence-electron chi connectivity index (χ3n) is 3.83. The number of nitro benzene ring substituents is 1. The summed E-state index contributed by atoms with van der Waals surface area (Å²) in [6.45, 7) is 2.53. The number of nitro groups is 1. The molecule has 0 unspecified atom stereocenters. The first kappa shape index (κ1) is 16.2. The number of likely N-dealkylation sites (tertiary alicyclic amines) is 1. The Morgan fingerprint density at radius 1 is 1.41 bits per heavy atom. The average molecular weight is 304 g/mol. The van der Waals surface area contributed by atoms with Crippen LogP contribution in [0.4, 0.5) is 11.4 Å². The highest BCUT2D eigenvalue weighted by atomic mass is 16.6. The van der Waals surface area contributed by atoms with E-state index in [0.29, 0.717) is 12.2 Å². The summed E-state index contributed by atoms with van der Waals surface area (Å²) in [7, 11) is 0. The number of nitrogens with one attached hydrogen (secondary N) is 1. The van der Waals surface area contributed by atoms with Crippen LogP contribution in [-0.2, 0) is 0 Å². The molecule has 0 spiro atoms. The number of hydrogen-bond donors (Lipinski definition) is 2. The number of aliphatic hydroxyl groups excluding tert-OH is 1. The Kier molecular flexibility index (Phi) is 5.69. The monoisotopic (exact) mass is 304 g/mol. The summed E-state index contributed by atoms with van der Waals surface area (Å²) >= 11 is 0. The van der Waals surface area contributed by atoms with E-state index in [1.54, 1.807) is 0 Å². The second-order valence-electron chi connectivity index (χ2n) is 5.49. The molecular weight excluding hydrogens is 284 g/mol. The fourth-order valence-corrected chi connectivity index (χ4v) is 2.70. The van der Waals surface area contributed by atoms with Gasteiger partial charge in [-0.1, -0.05) is 6.42 Å². The van der Waals surface area contributed by atoms with E-state index in [0.717, 1.165) is 25.9 Å². The molecule has 1 heterocycles. The maximum absolute atomic E-state index is 11.1. The van der Waals surface area contributed by atoms with E-state index in [1.807, 2.05) is 6.07 Å². The smallest absolute Gasteiger partial charge is 0.293 e. The number of nitrogens with zero attached hydrogens (tertiary/aromatic N) is 3. The number of anilines is 1. The van der Waals surface area contributed by atoms with Gasteiger partial charge in [0.2, 0.25) is 0 Å². The van der Waals surface area contributed by atoms with Crippen molar-refractivity contribution in [1.82, 2.24) is 4.90 Å². The van der Waals surface area contributed by atoms with Gasteiger partial charge >= 0.3 is 0 Å². The maximum Gasteiger partial charge on any atom is 0.293 e. The summed E-state index contributed by atoms with van der Waals surface area (Å²) in [6, 6.07) is 5.92. The van der Waals surface area contributed by atoms with Gasteiger partial charge in [0, 0.05) is 12.6 Å². The van der Waals surface area contributed by atoms with Crippen LogP contribution in [0.3, 0.4) is 0 Å². The van der Waals surface area contributed by atoms with Crippen LogP contribution in [0.2, 0.25) is 0 Å². The Bertz CT molecular complexity index is 564. The normalized spacial score (nSPS) is 16.7. The van der Waals surface area contributed by atoms with E-state index in [-0.39, 0.29) is 23.9 Å². The predicted molar refractivity (Wildman–Crippen MR) is 82.6 cm³/mol. The van der Waals surface area contributed by atoms with Crippen LogP contribution in [0.15, 0.2) is 18.2 Å². The van der Waals surface area contributed by atoms with E-state index in [9.17, 15) is 15.2 Å². The Balaban J connectivity index is 2.09. The highest BCUT2D eigenvalue weighted by Crippen LogP contribution is 2.26. The Hall–Kier alpha value is -2.17. The molecule has 1 aliphatic rings. The van der Waals surface area contributed by atoms with Crippen molar-refractivity contribution in [3.05, 3.63) is 33.9 Å². The molecule has 22 heavy (non-hydrogen) atoms. The molecule has 1 aromatic carbocycles. The summed E-state index contributed by atoms with van der Waals surface area (Å²) in [5.41, 5.74) is 0.435. The molecule has 0 aromatic heterocycles. The van der Waals surface area contributed by atoms with Crippen LogP contribution in [0.5, 0.6) is 0 Å². The lowest BCUT2D eigenvalue weighted by atomic mass is 10.1. The minimum Gasteiger partial charge on any atom is -0.394 e. The third kappa shape index (κ3) is 4.16. The molecule has 1 atom stereocenters. The molecule has 118 valence electrons. The molecule has 0 radical (unpaired) electrons. The number of aliphatic hydroxyl groups is 1. The van der Waals surface area contributed by atoms with Gasteiger partial charge in [-0.15, -0.1) is 0 Å². The van der Waals surface area contributed by atoms with E-state index in [1.165, 1.54) is 24.6 Å². The lowest BCUT2D eigenvalue weighted by Gasteiger charge is -2.30. The number of nitriles is 1. The maximum atomic E-state index is 11.1. The largest absolute Gasteiger partial charge is 0.394 e. The third-order valence-corrected chi connectivity index (χ3v) is 3.83. The molecule has 0 aliphatic carbocycles. The molecule has 1 fully saturated rings. The van der Waals surface area contributed by atoms with Gasteiger partial charge in [0.25, 0.3) is 5.69 Å². The second-order valence-corrected chi connectivity index (χ2v) is 5.49. The zero-order chi connectivity index (χ0) is 15.9. The summed E-state index contributed by atoms with van der Waals surface area (Å²) in [5.74, 6) is 0. The first-order chi connectivity index (χ1) is 10.6. The van der Waals surface area contributed by atoms with Crippen LogP contribution in [-0.4, -0.2) is 47.2 Å². The molecule has 1 aromatic rings. The highest BCUT2D eigenvalue weighted by Gasteiger charge is 2.20. The fraction of sp³-hybridized carbons (Fsp3) is 0.533. The minimum absolute atomic E-state index is 0.104. The number of hydrogen-bond acceptors (Lipinski definition) is 6. The molecule has 0 saturated carbocycles. The van der Waals surface area contributed by atoms with Gasteiger partial charge in [-0.25, -0.2) is 0 Å². The van der Waals surface area contributed by atoms with Crippen molar-refractivity contribution >= 4 is 11.4 Å². The van der Waals surface area contributed by atoms with Gasteiger partial charge in [-0.05, 0) is 38.1 Å².